The summed E-state index contributed by atoms with van der Waals surface area (Å²) in [4.78, 5) is 17.0. The van der Waals surface area contributed by atoms with Gasteiger partial charge in [-0.1, -0.05) is 11.6 Å². The van der Waals surface area contributed by atoms with E-state index in [1.807, 2.05) is 13.8 Å². The lowest BCUT2D eigenvalue weighted by atomic mass is 10.3. The molecule has 0 amide bonds. The van der Waals surface area contributed by atoms with Gasteiger partial charge in [-0.2, -0.15) is 9.97 Å². The molecule has 7 heteroatoms. The first-order valence-corrected chi connectivity index (χ1v) is 6.03. The molecule has 0 radical (unpaired) electrons. The molecule has 2 heterocycles. The van der Waals surface area contributed by atoms with Gasteiger partial charge in [0, 0.05) is 13.2 Å². The summed E-state index contributed by atoms with van der Waals surface area (Å²) in [5.41, 5.74) is 2.62. The highest BCUT2D eigenvalue weighted by Crippen LogP contribution is 2.19. The van der Waals surface area contributed by atoms with Crippen molar-refractivity contribution < 1.29 is 5.11 Å². The van der Waals surface area contributed by atoms with E-state index in [0.717, 1.165) is 11.4 Å². The van der Waals surface area contributed by atoms with Gasteiger partial charge in [-0.3, -0.25) is 0 Å². The van der Waals surface area contributed by atoms with E-state index in [2.05, 4.69) is 25.3 Å². The second kappa shape index (κ2) is 5.41. The lowest BCUT2D eigenvalue weighted by molar-refractivity contribution is 0.292. The number of fused-ring (bicyclic) bond motifs is 1. The van der Waals surface area contributed by atoms with Crippen molar-refractivity contribution in [3.05, 3.63) is 16.5 Å². The van der Waals surface area contributed by atoms with E-state index in [4.69, 9.17) is 16.7 Å². The molecule has 2 N–H and O–H groups in total. The predicted molar refractivity (Wildman–Crippen MR) is 69.8 cm³/mol. The van der Waals surface area contributed by atoms with Crippen LogP contribution in [0.5, 0.6) is 0 Å². The van der Waals surface area contributed by atoms with Crippen molar-refractivity contribution in [1.29, 1.82) is 0 Å². The molecule has 18 heavy (non-hydrogen) atoms. The van der Waals surface area contributed by atoms with Crippen molar-refractivity contribution in [3.63, 3.8) is 0 Å². The Morgan fingerprint density at radius 1 is 1.11 bits per heavy atom. The number of anilines is 1. The molecule has 0 unspecified atom stereocenters. The highest BCUT2D eigenvalue weighted by Gasteiger charge is 2.10. The van der Waals surface area contributed by atoms with Gasteiger partial charge in [-0.15, -0.1) is 0 Å². The van der Waals surface area contributed by atoms with E-state index < -0.39 is 0 Å². The van der Waals surface area contributed by atoms with Crippen LogP contribution in [0.4, 0.5) is 5.95 Å². The average molecular weight is 268 g/mol. The summed E-state index contributed by atoms with van der Waals surface area (Å²) in [6.07, 6.45) is 0.623. The van der Waals surface area contributed by atoms with Gasteiger partial charge in [-0.25, -0.2) is 9.97 Å². The topological polar surface area (TPSA) is 83.8 Å². The van der Waals surface area contributed by atoms with Crippen LogP contribution in [-0.4, -0.2) is 38.2 Å². The molecule has 0 aliphatic heterocycles. The molecule has 0 aliphatic carbocycles. The second-order valence-corrected chi connectivity index (χ2v) is 4.27. The van der Waals surface area contributed by atoms with E-state index in [1.165, 1.54) is 0 Å². The summed E-state index contributed by atoms with van der Waals surface area (Å²) in [5.74, 6) is 0.401. The Morgan fingerprint density at radius 3 is 2.56 bits per heavy atom. The Bertz CT molecular complexity index is 575. The van der Waals surface area contributed by atoms with E-state index in [0.29, 0.717) is 30.1 Å². The van der Waals surface area contributed by atoms with Crippen molar-refractivity contribution in [1.82, 2.24) is 19.9 Å². The molecule has 2 rings (SSSR count). The lowest BCUT2D eigenvalue weighted by Gasteiger charge is -2.07. The number of aliphatic hydroxyl groups is 1. The fourth-order valence-corrected chi connectivity index (χ4v) is 1.64. The zero-order chi connectivity index (χ0) is 13.1. The van der Waals surface area contributed by atoms with E-state index >= 15 is 0 Å². The number of aliphatic hydroxyl groups excluding tert-OH is 1. The third kappa shape index (κ3) is 2.65. The van der Waals surface area contributed by atoms with Crippen molar-refractivity contribution in [2.24, 2.45) is 0 Å². The quantitative estimate of drug-likeness (QED) is 0.645. The largest absolute Gasteiger partial charge is 0.396 e. The maximum Gasteiger partial charge on any atom is 0.226 e. The number of hydrogen-bond acceptors (Lipinski definition) is 6. The summed E-state index contributed by atoms with van der Waals surface area (Å²) in [7, 11) is 0. The summed E-state index contributed by atoms with van der Waals surface area (Å²) < 4.78 is 0. The first-order chi connectivity index (χ1) is 8.61. The number of aromatic nitrogens is 4. The van der Waals surface area contributed by atoms with Crippen LogP contribution in [0.25, 0.3) is 11.2 Å². The van der Waals surface area contributed by atoms with E-state index in [9.17, 15) is 0 Å². The van der Waals surface area contributed by atoms with Crippen LogP contribution in [0.2, 0.25) is 5.15 Å². The predicted octanol–water partition coefficient (Wildman–Crippen LogP) is 1.48. The minimum Gasteiger partial charge on any atom is -0.396 e. The Balaban J connectivity index is 2.38. The lowest BCUT2D eigenvalue weighted by Crippen LogP contribution is -2.08. The molecule has 2 aromatic rings. The molecule has 0 fully saturated rings. The normalized spacial score (nSPS) is 10.9. The van der Waals surface area contributed by atoms with Crippen molar-refractivity contribution in [2.75, 3.05) is 18.5 Å². The Hall–Kier alpha value is -1.53. The van der Waals surface area contributed by atoms with E-state index in [1.54, 1.807) is 0 Å². The van der Waals surface area contributed by atoms with Crippen molar-refractivity contribution in [2.45, 2.75) is 20.3 Å². The Kier molecular flexibility index (Phi) is 3.88. The highest BCUT2D eigenvalue weighted by molar-refractivity contribution is 6.33. The number of nitrogens with zero attached hydrogens (tertiary/aromatic N) is 4. The molecule has 0 saturated heterocycles. The van der Waals surface area contributed by atoms with Gasteiger partial charge in [0.1, 0.15) is 5.52 Å². The maximum atomic E-state index is 8.71. The molecular weight excluding hydrogens is 254 g/mol. The number of halogens is 1. The van der Waals surface area contributed by atoms with Gasteiger partial charge in [-0.05, 0) is 20.3 Å². The van der Waals surface area contributed by atoms with Gasteiger partial charge in [0.05, 0.1) is 11.4 Å². The standard InChI is InChI=1S/C11H14ClN5O/c1-6-7(2)15-10-8(14-6)9(12)16-11(17-10)13-4-3-5-18/h18H,3-5H2,1-2H3,(H,13,15,16,17). The number of aryl methyl sites for hydroxylation is 2. The van der Waals surface area contributed by atoms with Crippen LogP contribution < -0.4 is 5.32 Å². The first kappa shape index (κ1) is 12.9. The summed E-state index contributed by atoms with van der Waals surface area (Å²) in [5, 5.41) is 12.0. The third-order valence-corrected chi connectivity index (χ3v) is 2.78. The minimum atomic E-state index is 0.117. The number of hydrogen-bond donors (Lipinski definition) is 2. The van der Waals surface area contributed by atoms with E-state index in [-0.39, 0.29) is 11.8 Å². The molecule has 96 valence electrons. The summed E-state index contributed by atoms with van der Waals surface area (Å²) in [6, 6.07) is 0. The van der Waals surface area contributed by atoms with Gasteiger partial charge in [0.25, 0.3) is 0 Å². The molecule has 2 aromatic heterocycles. The van der Waals surface area contributed by atoms with Crippen LogP contribution in [0.3, 0.4) is 0 Å². The maximum absolute atomic E-state index is 8.71. The van der Waals surface area contributed by atoms with Gasteiger partial charge >= 0.3 is 0 Å². The second-order valence-electron chi connectivity index (χ2n) is 3.91. The molecule has 0 saturated carbocycles. The number of nitrogens with one attached hydrogen (secondary N) is 1. The molecule has 0 aromatic carbocycles. The Labute approximate surface area is 109 Å². The fraction of sp³-hybridized carbons (Fsp3) is 0.455. The SMILES string of the molecule is Cc1nc2nc(NCCCO)nc(Cl)c2nc1C. The molecular formula is C11H14ClN5O. The minimum absolute atomic E-state index is 0.117. The zero-order valence-electron chi connectivity index (χ0n) is 10.2. The molecule has 6 nitrogen and oxygen atoms in total. The zero-order valence-corrected chi connectivity index (χ0v) is 11.0. The van der Waals surface area contributed by atoms with Gasteiger partial charge in [0.15, 0.2) is 10.8 Å². The molecule has 0 spiro atoms. The molecule has 0 bridgehead atoms. The summed E-state index contributed by atoms with van der Waals surface area (Å²) in [6.45, 7) is 4.44. The Morgan fingerprint density at radius 2 is 1.83 bits per heavy atom. The van der Waals surface area contributed by atoms with Crippen LogP contribution in [-0.2, 0) is 0 Å². The van der Waals surface area contributed by atoms with Gasteiger partial charge in [0.2, 0.25) is 5.95 Å². The highest BCUT2D eigenvalue weighted by atomic mass is 35.5. The van der Waals surface area contributed by atoms with Crippen LogP contribution in [0.1, 0.15) is 17.8 Å². The summed E-state index contributed by atoms with van der Waals surface area (Å²) >= 11 is 6.06. The van der Waals surface area contributed by atoms with Crippen LogP contribution >= 0.6 is 11.6 Å². The van der Waals surface area contributed by atoms with Crippen molar-refractivity contribution in [3.8, 4) is 0 Å². The smallest absolute Gasteiger partial charge is 0.226 e. The fourth-order valence-electron chi connectivity index (χ4n) is 1.44. The van der Waals surface area contributed by atoms with Crippen LogP contribution in [0.15, 0.2) is 0 Å². The van der Waals surface area contributed by atoms with Crippen molar-refractivity contribution >= 4 is 28.7 Å². The van der Waals surface area contributed by atoms with Crippen LogP contribution in [0, 0.1) is 13.8 Å². The molecule has 0 atom stereocenters. The molecule has 0 aliphatic rings. The third-order valence-electron chi connectivity index (χ3n) is 2.52. The number of rotatable bonds is 4. The first-order valence-electron chi connectivity index (χ1n) is 5.65. The monoisotopic (exact) mass is 267 g/mol. The average Bonchev–Trinajstić information content (AvgIpc) is 2.32. The van der Waals surface area contributed by atoms with Gasteiger partial charge < -0.3 is 10.4 Å².